The van der Waals surface area contributed by atoms with Crippen LogP contribution in [0.2, 0.25) is 5.02 Å². The second-order valence-electron chi connectivity index (χ2n) is 5.96. The summed E-state index contributed by atoms with van der Waals surface area (Å²) in [5, 5.41) is 10.2. The number of nitrogens with one attached hydrogen (secondary N) is 2. The summed E-state index contributed by atoms with van der Waals surface area (Å²) in [6, 6.07) is 8.70. The minimum Gasteiger partial charge on any atom is -0.341 e. The van der Waals surface area contributed by atoms with Crippen LogP contribution in [0, 0.1) is 0 Å². The van der Waals surface area contributed by atoms with Crippen molar-refractivity contribution in [3.8, 4) is 0 Å². The third kappa shape index (κ3) is 4.74. The van der Waals surface area contributed by atoms with Gasteiger partial charge in [-0.25, -0.2) is 4.79 Å². The molecule has 0 saturated carbocycles. The maximum atomic E-state index is 12.3. The predicted octanol–water partition coefficient (Wildman–Crippen LogP) is 3.41. The molecule has 1 aliphatic heterocycles. The standard InChI is InChI=1S/C18H20ClN3O2S/c19-15-5-3-13(4-6-15)17(14-7-10-25-12-14)21-18(24)20-11-16(23)22-8-1-2-9-22/h3-7,10,12,17H,1-2,8-9,11H2,(H2,20,21,24). The minimum atomic E-state index is -0.362. The van der Waals surface area contributed by atoms with Crippen molar-refractivity contribution in [1.29, 1.82) is 0 Å². The highest BCUT2D eigenvalue weighted by Crippen LogP contribution is 2.25. The molecule has 3 amide bonds. The van der Waals surface area contributed by atoms with Crippen LogP contribution in [0.5, 0.6) is 0 Å². The van der Waals surface area contributed by atoms with Gasteiger partial charge in [-0.1, -0.05) is 23.7 Å². The van der Waals surface area contributed by atoms with Crippen LogP contribution >= 0.6 is 22.9 Å². The quantitative estimate of drug-likeness (QED) is 0.838. The van der Waals surface area contributed by atoms with Crippen molar-refractivity contribution in [2.24, 2.45) is 0 Å². The van der Waals surface area contributed by atoms with Crippen molar-refractivity contribution in [3.05, 3.63) is 57.2 Å². The van der Waals surface area contributed by atoms with Crippen molar-refractivity contribution in [3.63, 3.8) is 0 Å². The third-order valence-electron chi connectivity index (χ3n) is 4.21. The normalized spacial score (nSPS) is 15.0. The molecule has 5 nitrogen and oxygen atoms in total. The molecule has 25 heavy (non-hydrogen) atoms. The molecule has 1 unspecified atom stereocenters. The largest absolute Gasteiger partial charge is 0.341 e. The number of amides is 3. The Morgan fingerprint density at radius 2 is 1.84 bits per heavy atom. The first-order chi connectivity index (χ1) is 12.1. The van der Waals surface area contributed by atoms with Gasteiger partial charge in [0.1, 0.15) is 0 Å². The fourth-order valence-corrected chi connectivity index (χ4v) is 3.68. The molecule has 1 aromatic heterocycles. The number of nitrogens with zero attached hydrogens (tertiary/aromatic N) is 1. The zero-order valence-corrected chi connectivity index (χ0v) is 15.3. The first-order valence-electron chi connectivity index (χ1n) is 8.23. The molecule has 0 spiro atoms. The Hall–Kier alpha value is -2.05. The second kappa shape index (κ2) is 8.36. The molecule has 1 aromatic carbocycles. The number of hydrogen-bond donors (Lipinski definition) is 2. The van der Waals surface area contributed by atoms with Crippen LogP contribution < -0.4 is 10.6 Å². The van der Waals surface area contributed by atoms with E-state index in [9.17, 15) is 9.59 Å². The van der Waals surface area contributed by atoms with Crippen molar-refractivity contribution in [1.82, 2.24) is 15.5 Å². The van der Waals surface area contributed by atoms with Gasteiger partial charge in [-0.2, -0.15) is 11.3 Å². The number of hydrogen-bond acceptors (Lipinski definition) is 3. The Labute approximate surface area is 156 Å². The van der Waals surface area contributed by atoms with Gasteiger partial charge in [0.2, 0.25) is 5.91 Å². The molecule has 1 saturated heterocycles. The van der Waals surface area contributed by atoms with E-state index in [4.69, 9.17) is 11.6 Å². The molecule has 2 aromatic rings. The zero-order chi connectivity index (χ0) is 17.6. The van der Waals surface area contributed by atoms with Gasteiger partial charge < -0.3 is 15.5 Å². The summed E-state index contributed by atoms with van der Waals surface area (Å²) in [5.41, 5.74) is 1.93. The van der Waals surface area contributed by atoms with Crippen LogP contribution in [0.15, 0.2) is 41.1 Å². The van der Waals surface area contributed by atoms with Crippen LogP contribution in [0.4, 0.5) is 4.79 Å². The number of carbonyl (C=O) groups excluding carboxylic acids is 2. The van der Waals surface area contributed by atoms with Crippen LogP contribution in [0.1, 0.15) is 30.0 Å². The Balaban J connectivity index is 1.62. The van der Waals surface area contributed by atoms with E-state index in [-0.39, 0.29) is 24.5 Å². The van der Waals surface area contributed by atoms with Crippen LogP contribution in [0.3, 0.4) is 0 Å². The van der Waals surface area contributed by atoms with E-state index in [0.29, 0.717) is 5.02 Å². The number of carbonyl (C=O) groups is 2. The first-order valence-corrected chi connectivity index (χ1v) is 9.55. The van der Waals surface area contributed by atoms with E-state index in [1.54, 1.807) is 28.4 Å². The number of urea groups is 1. The maximum absolute atomic E-state index is 12.3. The van der Waals surface area contributed by atoms with Crippen molar-refractivity contribution < 1.29 is 9.59 Å². The van der Waals surface area contributed by atoms with Gasteiger partial charge in [-0.05, 0) is 52.9 Å². The molecule has 0 radical (unpaired) electrons. The molecule has 2 heterocycles. The number of likely N-dealkylation sites (tertiary alicyclic amines) is 1. The first kappa shape index (κ1) is 17.8. The number of rotatable bonds is 5. The maximum Gasteiger partial charge on any atom is 0.315 e. The molecule has 1 fully saturated rings. The summed E-state index contributed by atoms with van der Waals surface area (Å²) >= 11 is 7.52. The monoisotopic (exact) mass is 377 g/mol. The van der Waals surface area contributed by atoms with Gasteiger partial charge in [0.15, 0.2) is 0 Å². The van der Waals surface area contributed by atoms with Crippen LogP contribution in [0.25, 0.3) is 0 Å². The Kier molecular flexibility index (Phi) is 5.94. The lowest BCUT2D eigenvalue weighted by Crippen LogP contribution is -2.44. The van der Waals surface area contributed by atoms with Gasteiger partial charge in [-0.3, -0.25) is 4.79 Å². The lowest BCUT2D eigenvalue weighted by Gasteiger charge is -2.20. The Morgan fingerprint density at radius 3 is 2.48 bits per heavy atom. The van der Waals surface area contributed by atoms with E-state index in [0.717, 1.165) is 37.1 Å². The van der Waals surface area contributed by atoms with Gasteiger partial charge in [-0.15, -0.1) is 0 Å². The predicted molar refractivity (Wildman–Crippen MR) is 100.0 cm³/mol. The molecule has 7 heteroatoms. The van der Waals surface area contributed by atoms with Gasteiger partial charge in [0, 0.05) is 18.1 Å². The molecular weight excluding hydrogens is 358 g/mol. The van der Waals surface area contributed by atoms with Crippen LogP contribution in [-0.2, 0) is 4.79 Å². The van der Waals surface area contributed by atoms with Crippen molar-refractivity contribution >= 4 is 34.9 Å². The summed E-state index contributed by atoms with van der Waals surface area (Å²) < 4.78 is 0. The Morgan fingerprint density at radius 1 is 1.12 bits per heavy atom. The Bertz CT molecular complexity index is 712. The number of benzene rings is 1. The molecule has 0 bridgehead atoms. The van der Waals surface area contributed by atoms with Crippen molar-refractivity contribution in [2.75, 3.05) is 19.6 Å². The number of halogens is 1. The fraction of sp³-hybridized carbons (Fsp3) is 0.333. The van der Waals surface area contributed by atoms with Gasteiger partial charge in [0.25, 0.3) is 0 Å². The molecule has 132 valence electrons. The summed E-state index contributed by atoms with van der Waals surface area (Å²) in [6.07, 6.45) is 2.07. The lowest BCUT2D eigenvalue weighted by atomic mass is 10.0. The number of thiophene rings is 1. The third-order valence-corrected chi connectivity index (χ3v) is 5.17. The van der Waals surface area contributed by atoms with E-state index in [2.05, 4.69) is 10.6 Å². The van der Waals surface area contributed by atoms with E-state index in [1.807, 2.05) is 29.0 Å². The molecule has 1 aliphatic rings. The average Bonchev–Trinajstić information content (AvgIpc) is 3.31. The second-order valence-corrected chi connectivity index (χ2v) is 7.17. The highest BCUT2D eigenvalue weighted by atomic mass is 35.5. The van der Waals surface area contributed by atoms with E-state index in [1.165, 1.54) is 0 Å². The topological polar surface area (TPSA) is 61.4 Å². The highest BCUT2D eigenvalue weighted by Gasteiger charge is 2.20. The zero-order valence-electron chi connectivity index (χ0n) is 13.7. The molecule has 0 aliphatic carbocycles. The molecule has 1 atom stereocenters. The van der Waals surface area contributed by atoms with E-state index >= 15 is 0 Å². The van der Waals surface area contributed by atoms with Crippen LogP contribution in [-0.4, -0.2) is 36.5 Å². The lowest BCUT2D eigenvalue weighted by molar-refractivity contribution is -0.128. The SMILES string of the molecule is O=C(NCC(=O)N1CCCC1)NC(c1ccc(Cl)cc1)c1ccsc1. The molecule has 3 rings (SSSR count). The highest BCUT2D eigenvalue weighted by molar-refractivity contribution is 7.08. The van der Waals surface area contributed by atoms with Crippen molar-refractivity contribution in [2.45, 2.75) is 18.9 Å². The summed E-state index contributed by atoms with van der Waals surface area (Å²) in [7, 11) is 0. The summed E-state index contributed by atoms with van der Waals surface area (Å²) in [4.78, 5) is 26.1. The summed E-state index contributed by atoms with van der Waals surface area (Å²) in [5.74, 6) is -0.0359. The van der Waals surface area contributed by atoms with Gasteiger partial charge in [0.05, 0.1) is 12.6 Å². The smallest absolute Gasteiger partial charge is 0.315 e. The fourth-order valence-electron chi connectivity index (χ4n) is 2.87. The average molecular weight is 378 g/mol. The summed E-state index contributed by atoms with van der Waals surface area (Å²) in [6.45, 7) is 1.58. The molecule has 2 N–H and O–H groups in total. The minimum absolute atomic E-state index is 0.0167. The molecular formula is C18H20ClN3O2S. The van der Waals surface area contributed by atoms with Gasteiger partial charge >= 0.3 is 6.03 Å². The van der Waals surface area contributed by atoms with E-state index < -0.39 is 0 Å².